The number of unbranched alkanes of at least 4 members (excludes halogenated alkanes) is 8. The van der Waals surface area contributed by atoms with Crippen molar-refractivity contribution in [1.82, 2.24) is 9.55 Å². The molecule has 1 saturated heterocycles. The molecule has 78 heavy (non-hydrogen) atoms. The number of phosphoric ester groups is 2. The standard InChI is InChI=1S/C53H84N4O18P2S/c1-3-5-7-9-11-13-15-17-18-19-21-23-25-27-29-34-48(61)73-41(38-71-76(66,67)75-77(68,69)72-39-44-49(62)50(63)51(74-44)57-36-35-46(55)56-53(57)65)37-70-52(64)42(54)40-78-45(43(58)31-30-33-47(59)60)32-28-26-24-22-20-16-14-12-10-8-6-4-2/h11-14,17-18,20-24,26,28,32,35-36,41-45,49-51,58,62-63H,3-10,15-16,19,25,27,29-31,33-34,37-40,54H2,1-2H3,(H,59,60)(H,66,67)(H,68,69)(H2,55,56,65)/b13-11-,14-12-,18-17-,22-20-,23-21-,26-24+,32-28+/t41-,42+,43+,44-,45-,49-,50-,51-/m1/s1. The molecule has 25 heteroatoms. The molecule has 2 heterocycles. The first-order valence-electron chi connectivity index (χ1n) is 26.5. The van der Waals surface area contributed by atoms with Crippen LogP contribution < -0.4 is 17.2 Å². The van der Waals surface area contributed by atoms with Crippen molar-refractivity contribution in [3.05, 3.63) is 108 Å². The summed E-state index contributed by atoms with van der Waals surface area (Å²) in [7, 11) is -11.1. The van der Waals surface area contributed by atoms with Gasteiger partial charge in [-0.05, 0) is 83.1 Å². The quantitative estimate of drug-likeness (QED) is 0.0101. The van der Waals surface area contributed by atoms with Crippen molar-refractivity contribution in [2.75, 3.05) is 31.3 Å². The minimum Gasteiger partial charge on any atom is -0.481 e. The van der Waals surface area contributed by atoms with Crippen molar-refractivity contribution in [3.8, 4) is 0 Å². The predicted molar refractivity (Wildman–Crippen MR) is 299 cm³/mol. The van der Waals surface area contributed by atoms with Crippen LogP contribution in [0.2, 0.25) is 0 Å². The normalized spacial score (nSPS) is 20.4. The summed E-state index contributed by atoms with van der Waals surface area (Å²) in [6, 6.07) is -0.0897. The molecule has 0 amide bonds. The third-order valence-electron chi connectivity index (χ3n) is 11.4. The maximum atomic E-state index is 13.2. The number of allylic oxidation sites excluding steroid dienone is 13. The number of phosphoric acid groups is 2. The van der Waals surface area contributed by atoms with E-state index in [2.05, 4.69) is 59.6 Å². The lowest BCUT2D eigenvalue weighted by atomic mass is 10.1. The number of hydrogen-bond donors (Lipinski definition) is 8. The number of esters is 2. The molecular formula is C53H84N4O18P2S. The summed E-state index contributed by atoms with van der Waals surface area (Å²) in [4.78, 5) is 73.9. The Morgan fingerprint density at radius 2 is 1.38 bits per heavy atom. The van der Waals surface area contributed by atoms with Crippen LogP contribution in [0, 0.1) is 0 Å². The van der Waals surface area contributed by atoms with Gasteiger partial charge >= 0.3 is 39.2 Å². The number of carboxylic acids is 1. The second-order valence-corrected chi connectivity index (χ2v) is 22.5. The van der Waals surface area contributed by atoms with Gasteiger partial charge in [0, 0.05) is 30.0 Å². The van der Waals surface area contributed by atoms with E-state index < -0.39 is 107 Å². The van der Waals surface area contributed by atoms with Crippen LogP contribution in [0.25, 0.3) is 0 Å². The Labute approximate surface area is 462 Å². The molecule has 2 rings (SSSR count). The fraction of sp³-hybridized carbons (Fsp3) is 0.604. The van der Waals surface area contributed by atoms with Crippen LogP contribution in [0.3, 0.4) is 0 Å². The number of aliphatic carboxylic acids is 1. The number of carbonyl (C=O) groups is 3. The van der Waals surface area contributed by atoms with Crippen molar-refractivity contribution in [2.45, 2.75) is 177 Å². The molecule has 0 saturated carbocycles. The van der Waals surface area contributed by atoms with Gasteiger partial charge in [-0.25, -0.2) is 13.9 Å². The Morgan fingerprint density at radius 3 is 2.00 bits per heavy atom. The molecule has 0 aromatic carbocycles. The number of anilines is 1. The van der Waals surface area contributed by atoms with Crippen LogP contribution >= 0.6 is 27.4 Å². The van der Waals surface area contributed by atoms with E-state index in [0.717, 1.165) is 61.1 Å². The lowest BCUT2D eigenvalue weighted by Gasteiger charge is -2.23. The fourth-order valence-electron chi connectivity index (χ4n) is 7.17. The third-order valence-corrected chi connectivity index (χ3v) is 15.5. The molecule has 0 radical (unpaired) electrons. The number of rotatable bonds is 43. The Hall–Kier alpha value is -4.32. The maximum absolute atomic E-state index is 13.2. The highest BCUT2D eigenvalue weighted by Gasteiger charge is 2.46. The van der Waals surface area contributed by atoms with Gasteiger partial charge < -0.3 is 55.9 Å². The van der Waals surface area contributed by atoms with Crippen LogP contribution in [-0.4, -0.2) is 125 Å². The molecule has 0 spiro atoms. The number of aliphatic hydroxyl groups excluding tert-OH is 3. The van der Waals surface area contributed by atoms with E-state index in [1.165, 1.54) is 38.2 Å². The molecule has 1 aromatic rings. The van der Waals surface area contributed by atoms with Gasteiger partial charge in [-0.15, -0.1) is 11.8 Å². The van der Waals surface area contributed by atoms with Gasteiger partial charge in [-0.2, -0.15) is 9.29 Å². The van der Waals surface area contributed by atoms with Gasteiger partial charge in [-0.1, -0.05) is 125 Å². The van der Waals surface area contributed by atoms with Crippen LogP contribution in [-0.2, 0) is 51.1 Å². The molecule has 10 atom stereocenters. The molecule has 1 aliphatic rings. The minimum absolute atomic E-state index is 0.0919. The number of thioether (sulfide) groups is 1. The van der Waals surface area contributed by atoms with Crippen LogP contribution in [0.15, 0.2) is 102 Å². The number of aliphatic hydroxyl groups is 3. The maximum Gasteiger partial charge on any atom is 0.481 e. The Kier molecular flexibility index (Phi) is 36.5. The number of nitrogens with two attached hydrogens (primary N) is 2. The molecular weight excluding hydrogens is 1070 g/mol. The smallest absolute Gasteiger partial charge is 0.481 e. The molecule has 1 aliphatic heterocycles. The zero-order valence-electron chi connectivity index (χ0n) is 44.8. The van der Waals surface area contributed by atoms with E-state index in [9.17, 15) is 53.4 Å². The number of ether oxygens (including phenoxy) is 3. The van der Waals surface area contributed by atoms with Gasteiger partial charge in [0.1, 0.15) is 36.8 Å². The predicted octanol–water partition coefficient (Wildman–Crippen LogP) is 7.98. The van der Waals surface area contributed by atoms with E-state index in [4.69, 9.17) is 39.8 Å². The van der Waals surface area contributed by atoms with E-state index >= 15 is 0 Å². The van der Waals surface area contributed by atoms with E-state index in [0.29, 0.717) is 19.3 Å². The third kappa shape index (κ3) is 32.1. The monoisotopic (exact) mass is 1160 g/mol. The number of carbonyl (C=O) groups excluding carboxylic acids is 2. The van der Waals surface area contributed by atoms with Gasteiger partial charge in [0.15, 0.2) is 12.3 Å². The number of nitrogen functional groups attached to an aromatic ring is 1. The lowest BCUT2D eigenvalue weighted by molar-refractivity contribution is -0.161. The van der Waals surface area contributed by atoms with Gasteiger partial charge in [0.2, 0.25) is 0 Å². The van der Waals surface area contributed by atoms with Crippen molar-refractivity contribution < 1.29 is 81.3 Å². The van der Waals surface area contributed by atoms with Crippen LogP contribution in [0.4, 0.5) is 5.82 Å². The average molecular weight is 1160 g/mol. The highest BCUT2D eigenvalue weighted by atomic mass is 32.2. The topological polar surface area (TPSA) is 349 Å². The van der Waals surface area contributed by atoms with Crippen molar-refractivity contribution >= 4 is 51.1 Å². The zero-order valence-corrected chi connectivity index (χ0v) is 47.5. The number of aromatic nitrogens is 2. The lowest BCUT2D eigenvalue weighted by Crippen LogP contribution is -2.38. The number of nitrogens with zero attached hydrogens (tertiary/aromatic N) is 2. The molecule has 10 N–H and O–H groups in total. The summed E-state index contributed by atoms with van der Waals surface area (Å²) < 4.78 is 56.9. The molecule has 1 aromatic heterocycles. The van der Waals surface area contributed by atoms with Gasteiger partial charge in [0.05, 0.1) is 19.3 Å². The van der Waals surface area contributed by atoms with Crippen molar-refractivity contribution in [1.29, 1.82) is 0 Å². The first-order valence-corrected chi connectivity index (χ1v) is 30.6. The molecule has 1 fully saturated rings. The molecule has 0 bridgehead atoms. The molecule has 2 unspecified atom stereocenters. The second kappa shape index (κ2) is 40.8. The molecule has 0 aliphatic carbocycles. The zero-order chi connectivity index (χ0) is 57.6. The Morgan fingerprint density at radius 1 is 0.795 bits per heavy atom. The SMILES string of the molecule is CCCCC/C=C\C\C=C/C=C/C=C/[C@@H](SC[C@H](N)C(=O)OC[C@H](COP(=O)(O)OP(=O)(O)OC[C@H]1O[C@@H](n2ccc(N)nc2=O)[C@H](O)[C@@H]1O)OC(=O)CCCC/C=C\C/C=C\C/C=C\CCCCC)[C@@H](O)CCCC(=O)O. The van der Waals surface area contributed by atoms with Crippen LogP contribution in [0.1, 0.15) is 136 Å². The number of carboxylic acid groups (broad SMARTS) is 1. The minimum atomic E-state index is -5.57. The summed E-state index contributed by atoms with van der Waals surface area (Å²) in [5.74, 6) is -3.02. The summed E-state index contributed by atoms with van der Waals surface area (Å²) >= 11 is 1.11. The Balaban J connectivity index is 2.07. The summed E-state index contributed by atoms with van der Waals surface area (Å²) in [5, 5.41) is 40.5. The highest BCUT2D eigenvalue weighted by Crippen LogP contribution is 2.60. The van der Waals surface area contributed by atoms with Crippen molar-refractivity contribution in [3.63, 3.8) is 0 Å². The van der Waals surface area contributed by atoms with E-state index in [1.807, 2.05) is 30.4 Å². The average Bonchev–Trinajstić information content (AvgIpc) is 3.67. The Bertz CT molecular complexity index is 2280. The fourth-order valence-corrected chi connectivity index (χ4v) is 10.4. The van der Waals surface area contributed by atoms with E-state index in [1.54, 1.807) is 18.2 Å². The highest BCUT2D eigenvalue weighted by molar-refractivity contribution is 8.00. The van der Waals surface area contributed by atoms with E-state index in [-0.39, 0.29) is 37.3 Å². The largest absolute Gasteiger partial charge is 0.481 e. The van der Waals surface area contributed by atoms with Crippen LogP contribution in [0.5, 0.6) is 0 Å². The first-order chi connectivity index (χ1) is 37.3. The van der Waals surface area contributed by atoms with Gasteiger partial charge in [0.25, 0.3) is 0 Å². The summed E-state index contributed by atoms with van der Waals surface area (Å²) in [6.07, 6.45) is 32.9. The van der Waals surface area contributed by atoms with Gasteiger partial charge in [-0.3, -0.25) is 28.0 Å². The summed E-state index contributed by atoms with van der Waals surface area (Å²) in [6.45, 7) is 1.55. The number of hydrogen-bond acceptors (Lipinski definition) is 19. The first kappa shape index (κ1) is 69.8. The molecule has 440 valence electrons. The molecule has 22 nitrogen and oxygen atoms in total. The second-order valence-electron chi connectivity index (χ2n) is 18.2. The van der Waals surface area contributed by atoms with Crippen molar-refractivity contribution in [2.24, 2.45) is 5.73 Å². The summed E-state index contributed by atoms with van der Waals surface area (Å²) in [5.41, 5.74) is 10.7.